The Balaban J connectivity index is 2.64. The first-order valence-corrected chi connectivity index (χ1v) is 4.92. The minimum absolute atomic E-state index is 0.0666. The smallest absolute Gasteiger partial charge is 0.294 e. The highest BCUT2D eigenvalue weighted by Crippen LogP contribution is 2.22. The number of rotatable bonds is 1. The van der Waals surface area contributed by atoms with Crippen molar-refractivity contribution in [2.45, 2.75) is 0 Å². The van der Waals surface area contributed by atoms with Crippen LogP contribution in [-0.4, -0.2) is 16.2 Å². The Morgan fingerprint density at radius 1 is 1.33 bits per heavy atom. The molecule has 0 atom stereocenters. The molecule has 0 bridgehead atoms. The second-order valence-electron chi connectivity index (χ2n) is 2.89. The molecule has 15 heavy (non-hydrogen) atoms. The van der Waals surface area contributed by atoms with Crippen LogP contribution in [-0.2, 0) is 4.89 Å². The standard InChI is InChI=1S/C10H6BrNO3/c11-7-3-1-2-6-4-5-8(10(13)15-14)12-9(6)7/h1-5,14H. The molecule has 1 aromatic heterocycles. The Hall–Kier alpha value is -1.46. The zero-order valence-corrected chi connectivity index (χ0v) is 9.06. The minimum atomic E-state index is -0.868. The van der Waals surface area contributed by atoms with Gasteiger partial charge in [0.15, 0.2) is 5.69 Å². The molecule has 0 unspecified atom stereocenters. The molecule has 0 saturated heterocycles. The first kappa shape index (κ1) is 10.1. The second-order valence-corrected chi connectivity index (χ2v) is 3.74. The molecular formula is C10H6BrNO3. The predicted molar refractivity (Wildman–Crippen MR) is 57.5 cm³/mol. The summed E-state index contributed by atoms with van der Waals surface area (Å²) in [5.41, 5.74) is 0.720. The van der Waals surface area contributed by atoms with Crippen LogP contribution in [0.2, 0.25) is 0 Å². The summed E-state index contributed by atoms with van der Waals surface area (Å²) in [4.78, 5) is 18.7. The van der Waals surface area contributed by atoms with Gasteiger partial charge in [0, 0.05) is 9.86 Å². The fourth-order valence-corrected chi connectivity index (χ4v) is 1.74. The van der Waals surface area contributed by atoms with Gasteiger partial charge in [0.05, 0.1) is 5.52 Å². The van der Waals surface area contributed by atoms with Crippen LogP contribution in [0.3, 0.4) is 0 Å². The molecule has 0 amide bonds. The van der Waals surface area contributed by atoms with E-state index in [2.05, 4.69) is 25.8 Å². The summed E-state index contributed by atoms with van der Waals surface area (Å²) in [6.07, 6.45) is 0. The second kappa shape index (κ2) is 3.96. The molecule has 1 aromatic carbocycles. The molecule has 0 radical (unpaired) electrons. The van der Waals surface area contributed by atoms with Crippen LogP contribution in [0, 0.1) is 0 Å². The average Bonchev–Trinajstić information content (AvgIpc) is 2.28. The highest BCUT2D eigenvalue weighted by Gasteiger charge is 2.10. The van der Waals surface area contributed by atoms with E-state index in [0.29, 0.717) is 5.52 Å². The maximum atomic E-state index is 11.0. The van der Waals surface area contributed by atoms with E-state index >= 15 is 0 Å². The van der Waals surface area contributed by atoms with E-state index in [0.717, 1.165) is 9.86 Å². The van der Waals surface area contributed by atoms with Gasteiger partial charge in [-0.2, -0.15) is 5.26 Å². The molecule has 0 aliphatic carbocycles. The lowest BCUT2D eigenvalue weighted by atomic mass is 10.2. The summed E-state index contributed by atoms with van der Waals surface area (Å²) in [5.74, 6) is -0.868. The zero-order chi connectivity index (χ0) is 10.8. The number of carbonyl (C=O) groups is 1. The zero-order valence-electron chi connectivity index (χ0n) is 7.48. The van der Waals surface area contributed by atoms with Gasteiger partial charge in [0.2, 0.25) is 0 Å². The number of fused-ring (bicyclic) bond motifs is 1. The van der Waals surface area contributed by atoms with Gasteiger partial charge >= 0.3 is 5.97 Å². The Morgan fingerprint density at radius 2 is 2.13 bits per heavy atom. The highest BCUT2D eigenvalue weighted by molar-refractivity contribution is 9.10. The number of nitrogens with zero attached hydrogens (tertiary/aromatic N) is 1. The monoisotopic (exact) mass is 267 g/mol. The number of para-hydroxylation sites is 1. The Bertz CT molecular complexity index is 527. The fourth-order valence-electron chi connectivity index (χ4n) is 1.27. The normalized spacial score (nSPS) is 10.3. The largest absolute Gasteiger partial charge is 0.390 e. The first-order chi connectivity index (χ1) is 7.22. The Labute approximate surface area is 93.6 Å². The topological polar surface area (TPSA) is 59.4 Å². The van der Waals surface area contributed by atoms with Crippen molar-refractivity contribution < 1.29 is 14.9 Å². The molecule has 4 nitrogen and oxygen atoms in total. The number of carbonyl (C=O) groups excluding carboxylic acids is 1. The van der Waals surface area contributed by atoms with Gasteiger partial charge in [-0.15, -0.1) is 0 Å². The SMILES string of the molecule is O=C(OO)c1ccc2cccc(Br)c2n1. The van der Waals surface area contributed by atoms with Gasteiger partial charge in [-0.25, -0.2) is 9.78 Å². The average molecular weight is 268 g/mol. The van der Waals surface area contributed by atoms with Crippen molar-refractivity contribution in [2.24, 2.45) is 0 Å². The summed E-state index contributed by atoms with van der Waals surface area (Å²) >= 11 is 3.32. The molecule has 0 spiro atoms. The summed E-state index contributed by atoms with van der Waals surface area (Å²) < 4.78 is 0.785. The van der Waals surface area contributed by atoms with Crippen LogP contribution < -0.4 is 0 Å². The van der Waals surface area contributed by atoms with Gasteiger partial charge < -0.3 is 0 Å². The molecule has 2 rings (SSSR count). The number of aromatic nitrogens is 1. The van der Waals surface area contributed by atoms with E-state index < -0.39 is 5.97 Å². The summed E-state index contributed by atoms with van der Waals surface area (Å²) in [7, 11) is 0. The van der Waals surface area contributed by atoms with E-state index in [-0.39, 0.29) is 5.69 Å². The highest BCUT2D eigenvalue weighted by atomic mass is 79.9. The lowest BCUT2D eigenvalue weighted by Crippen LogP contribution is -2.04. The Morgan fingerprint density at radius 3 is 2.87 bits per heavy atom. The lowest BCUT2D eigenvalue weighted by Gasteiger charge is -2.01. The van der Waals surface area contributed by atoms with Crippen LogP contribution in [0.25, 0.3) is 10.9 Å². The van der Waals surface area contributed by atoms with Crippen LogP contribution in [0.15, 0.2) is 34.8 Å². The van der Waals surface area contributed by atoms with Crippen molar-refractivity contribution in [1.29, 1.82) is 0 Å². The first-order valence-electron chi connectivity index (χ1n) is 4.13. The Kier molecular flexibility index (Phi) is 2.66. The number of hydrogen-bond donors (Lipinski definition) is 1. The van der Waals surface area contributed by atoms with Gasteiger partial charge in [-0.1, -0.05) is 18.2 Å². The maximum Gasteiger partial charge on any atom is 0.390 e. The van der Waals surface area contributed by atoms with Gasteiger partial charge in [0.1, 0.15) is 0 Å². The van der Waals surface area contributed by atoms with Gasteiger partial charge in [-0.3, -0.25) is 4.89 Å². The fraction of sp³-hybridized carbons (Fsp3) is 0. The van der Waals surface area contributed by atoms with Crippen LogP contribution in [0.4, 0.5) is 0 Å². The van der Waals surface area contributed by atoms with Crippen molar-refractivity contribution in [2.75, 3.05) is 0 Å². The van der Waals surface area contributed by atoms with Crippen LogP contribution in [0.1, 0.15) is 10.5 Å². The maximum absolute atomic E-state index is 11.0. The van der Waals surface area contributed by atoms with Crippen LogP contribution in [0.5, 0.6) is 0 Å². The van der Waals surface area contributed by atoms with E-state index in [1.165, 1.54) is 6.07 Å². The van der Waals surface area contributed by atoms with E-state index in [4.69, 9.17) is 5.26 Å². The summed E-state index contributed by atoms with van der Waals surface area (Å²) in [6, 6.07) is 8.80. The van der Waals surface area contributed by atoms with E-state index in [1.54, 1.807) is 6.07 Å². The molecule has 0 fully saturated rings. The molecule has 1 heterocycles. The molecule has 5 heteroatoms. The third-order valence-electron chi connectivity index (χ3n) is 1.96. The molecule has 0 saturated carbocycles. The van der Waals surface area contributed by atoms with Crippen molar-refractivity contribution in [3.8, 4) is 0 Å². The van der Waals surface area contributed by atoms with Crippen molar-refractivity contribution >= 4 is 32.8 Å². The van der Waals surface area contributed by atoms with Crippen molar-refractivity contribution in [1.82, 2.24) is 4.98 Å². The van der Waals surface area contributed by atoms with Gasteiger partial charge in [-0.05, 0) is 28.1 Å². The van der Waals surface area contributed by atoms with Crippen molar-refractivity contribution in [3.63, 3.8) is 0 Å². The van der Waals surface area contributed by atoms with Crippen LogP contribution >= 0.6 is 15.9 Å². The van der Waals surface area contributed by atoms with E-state index in [1.807, 2.05) is 18.2 Å². The predicted octanol–water partition coefficient (Wildman–Crippen LogP) is 2.63. The lowest BCUT2D eigenvalue weighted by molar-refractivity contribution is -0.183. The van der Waals surface area contributed by atoms with Crippen molar-refractivity contribution in [3.05, 3.63) is 40.5 Å². The third-order valence-corrected chi connectivity index (χ3v) is 2.60. The molecule has 1 N–H and O–H groups in total. The quantitative estimate of drug-likeness (QED) is 0.638. The minimum Gasteiger partial charge on any atom is -0.294 e. The molecule has 0 aliphatic rings. The summed E-state index contributed by atoms with van der Waals surface area (Å²) in [6.45, 7) is 0. The van der Waals surface area contributed by atoms with Gasteiger partial charge in [0.25, 0.3) is 0 Å². The number of hydrogen-bond acceptors (Lipinski definition) is 4. The number of pyridine rings is 1. The summed E-state index contributed by atoms with van der Waals surface area (Å²) in [5, 5.41) is 9.13. The number of halogens is 1. The number of benzene rings is 1. The molecular weight excluding hydrogens is 262 g/mol. The molecule has 2 aromatic rings. The van der Waals surface area contributed by atoms with E-state index in [9.17, 15) is 4.79 Å². The third kappa shape index (κ3) is 1.84. The molecule has 0 aliphatic heterocycles. The molecule has 76 valence electrons.